The SMILES string of the molecule is O=C(OCC(O)C(O)CO)c1ccc(CCC[C@@H]2[C@@H](CCc3cc(Cl)cc(Cl)c3)[C@H](O)C[C@H]2Cl)s1. The summed E-state index contributed by atoms with van der Waals surface area (Å²) in [6.07, 6.45) is 1.55. The third kappa shape index (κ3) is 8.30. The van der Waals surface area contributed by atoms with Crippen molar-refractivity contribution in [2.75, 3.05) is 13.2 Å². The van der Waals surface area contributed by atoms with E-state index in [0.717, 1.165) is 42.5 Å². The molecule has 1 saturated carbocycles. The number of carbonyl (C=O) groups excluding carboxylic acids is 1. The monoisotopic (exact) mass is 564 g/mol. The van der Waals surface area contributed by atoms with Gasteiger partial charge in [-0.15, -0.1) is 22.9 Å². The van der Waals surface area contributed by atoms with Crippen molar-refractivity contribution in [2.24, 2.45) is 11.8 Å². The number of aryl methyl sites for hydroxylation is 2. The zero-order valence-electron chi connectivity index (χ0n) is 19.2. The molecule has 1 fully saturated rings. The molecule has 35 heavy (non-hydrogen) atoms. The van der Waals surface area contributed by atoms with Gasteiger partial charge in [0.1, 0.15) is 23.7 Å². The number of aliphatic hydroxyl groups is 4. The third-order valence-corrected chi connectivity index (χ3v) is 8.57. The van der Waals surface area contributed by atoms with Crippen LogP contribution < -0.4 is 0 Å². The summed E-state index contributed by atoms with van der Waals surface area (Å²) in [6.45, 7) is -1.00. The number of thiophene rings is 1. The van der Waals surface area contributed by atoms with E-state index in [1.54, 1.807) is 12.1 Å². The smallest absolute Gasteiger partial charge is 0.348 e. The normalized spacial score (nSPS) is 23.9. The maximum Gasteiger partial charge on any atom is 0.348 e. The second kappa shape index (κ2) is 13.6. The second-order valence-corrected chi connectivity index (χ2v) is 11.6. The Morgan fingerprint density at radius 1 is 1.06 bits per heavy atom. The largest absolute Gasteiger partial charge is 0.459 e. The van der Waals surface area contributed by atoms with Crippen molar-refractivity contribution in [1.82, 2.24) is 0 Å². The Bertz CT molecular complexity index is 950. The summed E-state index contributed by atoms with van der Waals surface area (Å²) < 4.78 is 5.02. The first-order chi connectivity index (χ1) is 16.7. The highest BCUT2D eigenvalue weighted by molar-refractivity contribution is 7.13. The number of halogens is 3. The molecule has 194 valence electrons. The van der Waals surface area contributed by atoms with Crippen molar-refractivity contribution in [2.45, 2.75) is 62.2 Å². The molecule has 4 N–H and O–H groups in total. The zero-order valence-corrected chi connectivity index (χ0v) is 22.2. The van der Waals surface area contributed by atoms with Gasteiger partial charge in [0.2, 0.25) is 0 Å². The van der Waals surface area contributed by atoms with Crippen molar-refractivity contribution in [1.29, 1.82) is 0 Å². The molecule has 1 heterocycles. The molecule has 0 radical (unpaired) electrons. The molecule has 1 aromatic carbocycles. The first-order valence-corrected chi connectivity index (χ1v) is 13.7. The van der Waals surface area contributed by atoms with E-state index in [1.807, 2.05) is 18.2 Å². The molecule has 6 nitrogen and oxygen atoms in total. The lowest BCUT2D eigenvalue weighted by atomic mass is 9.85. The van der Waals surface area contributed by atoms with Crippen molar-refractivity contribution < 1.29 is 30.0 Å². The number of hydrogen-bond acceptors (Lipinski definition) is 7. The van der Waals surface area contributed by atoms with Crippen molar-refractivity contribution in [3.8, 4) is 0 Å². The molecular weight excluding hydrogens is 535 g/mol. The molecule has 0 amide bonds. The maximum absolute atomic E-state index is 12.2. The van der Waals surface area contributed by atoms with Gasteiger partial charge in [-0.2, -0.15) is 0 Å². The first-order valence-electron chi connectivity index (χ1n) is 11.7. The van der Waals surface area contributed by atoms with Gasteiger partial charge in [-0.3, -0.25) is 0 Å². The Morgan fingerprint density at radius 3 is 2.46 bits per heavy atom. The Morgan fingerprint density at radius 2 is 1.77 bits per heavy atom. The maximum atomic E-state index is 12.2. The Hall–Kier alpha value is -0.900. The lowest BCUT2D eigenvalue weighted by Gasteiger charge is -2.23. The standard InChI is InChI=1S/C25H31Cl3O6S/c26-15-8-14(9-16(27)10-15)4-6-19-18(20(28)11-21(19)30)3-1-2-17-5-7-24(35-17)25(33)34-13-23(32)22(31)12-29/h5,7-10,18-23,29-32H,1-4,6,11-13H2/t18-,19-,20-,21-,22?,23?/m1/s1. The van der Waals surface area contributed by atoms with E-state index < -0.39 is 37.5 Å². The average molecular weight is 566 g/mol. The van der Waals surface area contributed by atoms with Gasteiger partial charge >= 0.3 is 5.97 Å². The van der Waals surface area contributed by atoms with Crippen LogP contribution in [0.3, 0.4) is 0 Å². The molecule has 2 unspecified atom stereocenters. The fraction of sp³-hybridized carbons (Fsp3) is 0.560. The first kappa shape index (κ1) is 28.7. The van der Waals surface area contributed by atoms with Crippen LogP contribution in [-0.4, -0.2) is 63.3 Å². The quantitative estimate of drug-likeness (QED) is 0.223. The number of rotatable bonds is 12. The molecule has 1 aromatic heterocycles. The number of esters is 1. The molecule has 1 aliphatic carbocycles. The van der Waals surface area contributed by atoms with Gasteiger partial charge in [-0.05, 0) is 86.3 Å². The molecule has 10 heteroatoms. The van der Waals surface area contributed by atoms with Crippen LogP contribution in [0, 0.1) is 11.8 Å². The van der Waals surface area contributed by atoms with Gasteiger partial charge in [0.05, 0.1) is 12.7 Å². The summed E-state index contributed by atoms with van der Waals surface area (Å²) in [4.78, 5) is 13.6. The van der Waals surface area contributed by atoms with Crippen LogP contribution in [0.1, 0.15) is 45.8 Å². The number of aliphatic hydroxyl groups excluding tert-OH is 4. The topological polar surface area (TPSA) is 107 Å². The van der Waals surface area contributed by atoms with Crippen LogP contribution in [0.2, 0.25) is 10.0 Å². The fourth-order valence-electron chi connectivity index (χ4n) is 4.62. The van der Waals surface area contributed by atoms with Crippen LogP contribution in [0.4, 0.5) is 0 Å². The molecule has 2 aromatic rings. The van der Waals surface area contributed by atoms with Crippen LogP contribution in [0.5, 0.6) is 0 Å². The van der Waals surface area contributed by atoms with E-state index in [2.05, 4.69) is 0 Å². The molecule has 6 atom stereocenters. The molecule has 1 aliphatic rings. The minimum atomic E-state index is -1.35. The number of ether oxygens (including phenoxy) is 1. The van der Waals surface area contributed by atoms with Gasteiger partial charge in [-0.25, -0.2) is 4.79 Å². The second-order valence-electron chi connectivity index (χ2n) is 9.04. The number of alkyl halides is 1. The van der Waals surface area contributed by atoms with Gasteiger partial charge in [0.25, 0.3) is 0 Å². The zero-order chi connectivity index (χ0) is 25.5. The lowest BCUT2D eigenvalue weighted by molar-refractivity contribution is -0.0466. The van der Waals surface area contributed by atoms with E-state index in [4.69, 9.17) is 44.6 Å². The van der Waals surface area contributed by atoms with Gasteiger partial charge in [-0.1, -0.05) is 23.2 Å². The summed E-state index contributed by atoms with van der Waals surface area (Å²) in [5, 5.41) is 39.5. The fourth-order valence-corrected chi connectivity index (χ4v) is 6.63. The summed E-state index contributed by atoms with van der Waals surface area (Å²) in [6, 6.07) is 9.06. The van der Waals surface area contributed by atoms with Crippen molar-refractivity contribution in [3.05, 3.63) is 55.7 Å². The predicted molar refractivity (Wildman–Crippen MR) is 139 cm³/mol. The van der Waals surface area contributed by atoms with E-state index in [0.29, 0.717) is 21.3 Å². The lowest BCUT2D eigenvalue weighted by Crippen LogP contribution is -2.34. The summed E-state index contributed by atoms with van der Waals surface area (Å²) in [5.74, 6) is -0.277. The molecule has 0 aliphatic heterocycles. The van der Waals surface area contributed by atoms with Crippen LogP contribution >= 0.6 is 46.1 Å². The predicted octanol–water partition coefficient (Wildman–Crippen LogP) is 4.49. The highest BCUT2D eigenvalue weighted by Crippen LogP contribution is 2.42. The summed E-state index contributed by atoms with van der Waals surface area (Å²) in [5.41, 5.74) is 1.04. The number of benzene rings is 1. The molecular formula is C25H31Cl3O6S. The van der Waals surface area contributed by atoms with E-state index in [9.17, 15) is 20.1 Å². The number of carbonyl (C=O) groups is 1. The Balaban J connectivity index is 1.48. The third-order valence-electron chi connectivity index (χ3n) is 6.50. The van der Waals surface area contributed by atoms with Gasteiger partial charge in [0, 0.05) is 20.3 Å². The Kier molecular flexibility index (Phi) is 11.1. The minimum Gasteiger partial charge on any atom is -0.459 e. The molecule has 0 spiro atoms. The summed E-state index contributed by atoms with van der Waals surface area (Å²) >= 11 is 20.2. The van der Waals surface area contributed by atoms with Crippen LogP contribution in [-0.2, 0) is 17.6 Å². The summed E-state index contributed by atoms with van der Waals surface area (Å²) in [7, 11) is 0. The molecule has 0 saturated heterocycles. The molecule has 3 rings (SSSR count). The van der Waals surface area contributed by atoms with Crippen molar-refractivity contribution in [3.63, 3.8) is 0 Å². The van der Waals surface area contributed by atoms with Crippen molar-refractivity contribution >= 4 is 52.1 Å². The van der Waals surface area contributed by atoms with Crippen LogP contribution in [0.25, 0.3) is 0 Å². The molecule has 0 bridgehead atoms. The highest BCUT2D eigenvalue weighted by atomic mass is 35.5. The van der Waals surface area contributed by atoms with Crippen LogP contribution in [0.15, 0.2) is 30.3 Å². The highest BCUT2D eigenvalue weighted by Gasteiger charge is 2.40. The average Bonchev–Trinajstić information content (AvgIpc) is 3.38. The number of hydrogen-bond donors (Lipinski definition) is 4. The van der Waals surface area contributed by atoms with E-state index in [1.165, 1.54) is 11.3 Å². The van der Waals surface area contributed by atoms with E-state index in [-0.39, 0.29) is 17.2 Å². The minimum absolute atomic E-state index is 0.0764. The van der Waals surface area contributed by atoms with E-state index >= 15 is 0 Å². The van der Waals surface area contributed by atoms with Gasteiger partial charge < -0.3 is 25.2 Å². The van der Waals surface area contributed by atoms with Gasteiger partial charge in [0.15, 0.2) is 0 Å². The Labute approximate surface area is 224 Å².